The van der Waals surface area contributed by atoms with Crippen molar-refractivity contribution in [2.45, 2.75) is 50.0 Å². The largest absolute Gasteiger partial charge is 0.385 e. The molecule has 1 aliphatic carbocycles. The fraction of sp³-hybridized carbons (Fsp3) is 0.600. The minimum Gasteiger partial charge on any atom is -0.385 e. The lowest BCUT2D eigenvalue weighted by Gasteiger charge is -2.26. The Morgan fingerprint density at radius 1 is 1.30 bits per heavy atom. The van der Waals surface area contributed by atoms with Crippen LogP contribution in [0.5, 0.6) is 0 Å². The predicted octanol–water partition coefficient (Wildman–Crippen LogP) is 2.51. The first-order valence-electron chi connectivity index (χ1n) is 7.29. The first-order chi connectivity index (χ1) is 9.38. The van der Waals surface area contributed by atoms with E-state index in [0.717, 1.165) is 37.9 Å². The minimum absolute atomic E-state index is 0.359. The van der Waals surface area contributed by atoms with Gasteiger partial charge in [0, 0.05) is 17.8 Å². The van der Waals surface area contributed by atoms with Crippen molar-refractivity contribution < 1.29 is 8.42 Å². The van der Waals surface area contributed by atoms with E-state index in [-0.39, 0.29) is 5.54 Å². The van der Waals surface area contributed by atoms with Crippen LogP contribution in [0, 0.1) is 5.92 Å². The number of anilines is 1. The Morgan fingerprint density at radius 2 is 2.05 bits per heavy atom. The summed E-state index contributed by atoms with van der Waals surface area (Å²) < 4.78 is 27.9. The highest BCUT2D eigenvalue weighted by Gasteiger charge is 2.40. The summed E-state index contributed by atoms with van der Waals surface area (Å²) in [5, 5.41) is 3.28. The number of hydrogen-bond donors (Lipinski definition) is 2. The molecule has 0 amide bonds. The summed E-state index contributed by atoms with van der Waals surface area (Å²) in [7, 11) is -3.45. The Bertz CT molecular complexity index is 619. The molecule has 1 heterocycles. The molecule has 1 aromatic carbocycles. The third-order valence-electron chi connectivity index (χ3n) is 4.33. The summed E-state index contributed by atoms with van der Waals surface area (Å²) in [6, 6.07) is 5.41. The van der Waals surface area contributed by atoms with Gasteiger partial charge in [0.25, 0.3) is 0 Å². The average Bonchev–Trinajstić information content (AvgIpc) is 3.21. The first kappa shape index (κ1) is 13.9. The topological polar surface area (TPSA) is 58.2 Å². The molecule has 0 atom stereocenters. The van der Waals surface area contributed by atoms with E-state index in [0.29, 0.717) is 10.8 Å². The second-order valence-electron chi connectivity index (χ2n) is 6.45. The van der Waals surface area contributed by atoms with Gasteiger partial charge in [-0.2, -0.15) is 0 Å². The molecule has 0 radical (unpaired) electrons. The molecule has 4 nitrogen and oxygen atoms in total. The maximum atomic E-state index is 12.5. The van der Waals surface area contributed by atoms with E-state index in [2.05, 4.69) is 10.0 Å². The van der Waals surface area contributed by atoms with E-state index >= 15 is 0 Å². The molecule has 1 saturated carbocycles. The molecule has 110 valence electrons. The highest BCUT2D eigenvalue weighted by atomic mass is 32.2. The zero-order valence-electron chi connectivity index (χ0n) is 12.1. The molecule has 1 fully saturated rings. The van der Waals surface area contributed by atoms with E-state index in [9.17, 15) is 8.42 Å². The van der Waals surface area contributed by atoms with Crippen molar-refractivity contribution in [2.24, 2.45) is 5.92 Å². The van der Waals surface area contributed by atoms with Crippen molar-refractivity contribution in [3.8, 4) is 0 Å². The van der Waals surface area contributed by atoms with Crippen molar-refractivity contribution in [1.29, 1.82) is 0 Å². The lowest BCUT2D eigenvalue weighted by Crippen LogP contribution is -2.45. The highest BCUT2D eigenvalue weighted by Crippen LogP contribution is 2.40. The van der Waals surface area contributed by atoms with Gasteiger partial charge in [-0.15, -0.1) is 0 Å². The fourth-order valence-electron chi connectivity index (χ4n) is 2.90. The monoisotopic (exact) mass is 294 g/mol. The molecule has 2 N–H and O–H groups in total. The molecule has 0 bridgehead atoms. The number of nitrogens with one attached hydrogen (secondary N) is 2. The molecule has 3 rings (SSSR count). The van der Waals surface area contributed by atoms with Crippen molar-refractivity contribution in [3.63, 3.8) is 0 Å². The Morgan fingerprint density at radius 3 is 2.75 bits per heavy atom. The lowest BCUT2D eigenvalue weighted by molar-refractivity contribution is 0.400. The van der Waals surface area contributed by atoms with Crippen LogP contribution in [0.4, 0.5) is 5.69 Å². The lowest BCUT2D eigenvalue weighted by atomic mass is 10.0. The van der Waals surface area contributed by atoms with E-state index in [1.807, 2.05) is 19.9 Å². The van der Waals surface area contributed by atoms with Gasteiger partial charge in [-0.05, 0) is 63.1 Å². The Hall–Kier alpha value is -1.07. The summed E-state index contributed by atoms with van der Waals surface area (Å²) in [6.45, 7) is 4.86. The van der Waals surface area contributed by atoms with Crippen LogP contribution in [0.15, 0.2) is 23.1 Å². The summed E-state index contributed by atoms with van der Waals surface area (Å²) in [4.78, 5) is 0.361. The van der Waals surface area contributed by atoms with Crippen LogP contribution in [0.25, 0.3) is 0 Å². The summed E-state index contributed by atoms with van der Waals surface area (Å²) >= 11 is 0. The third kappa shape index (κ3) is 2.69. The van der Waals surface area contributed by atoms with E-state index in [1.54, 1.807) is 12.1 Å². The summed E-state index contributed by atoms with van der Waals surface area (Å²) in [5.41, 5.74) is 1.81. The van der Waals surface area contributed by atoms with Crippen LogP contribution < -0.4 is 10.0 Å². The molecule has 0 saturated heterocycles. The molecule has 20 heavy (non-hydrogen) atoms. The van der Waals surface area contributed by atoms with Crippen molar-refractivity contribution >= 4 is 15.7 Å². The maximum absolute atomic E-state index is 12.5. The summed E-state index contributed by atoms with van der Waals surface area (Å²) in [6.07, 6.45) is 4.35. The number of fused-ring (bicyclic) bond motifs is 1. The van der Waals surface area contributed by atoms with Gasteiger partial charge in [-0.1, -0.05) is 6.07 Å². The van der Waals surface area contributed by atoms with Crippen molar-refractivity contribution in [1.82, 2.24) is 4.72 Å². The van der Waals surface area contributed by atoms with Gasteiger partial charge >= 0.3 is 0 Å². The zero-order valence-corrected chi connectivity index (χ0v) is 12.9. The Balaban J connectivity index is 1.87. The van der Waals surface area contributed by atoms with Crippen LogP contribution in [-0.2, 0) is 16.4 Å². The highest BCUT2D eigenvalue weighted by molar-refractivity contribution is 7.89. The van der Waals surface area contributed by atoms with Gasteiger partial charge in [0.1, 0.15) is 0 Å². The number of benzene rings is 1. The van der Waals surface area contributed by atoms with Gasteiger partial charge in [0.05, 0.1) is 4.90 Å². The van der Waals surface area contributed by atoms with Crippen molar-refractivity contribution in [3.05, 3.63) is 23.8 Å². The molecule has 2 aliphatic rings. The molecular weight excluding hydrogens is 272 g/mol. The van der Waals surface area contributed by atoms with Crippen LogP contribution >= 0.6 is 0 Å². The second-order valence-corrected chi connectivity index (χ2v) is 8.13. The van der Waals surface area contributed by atoms with Crippen LogP contribution in [0.3, 0.4) is 0 Å². The smallest absolute Gasteiger partial charge is 0.241 e. The predicted molar refractivity (Wildman–Crippen MR) is 80.4 cm³/mol. The number of rotatable bonds is 4. The molecule has 0 spiro atoms. The normalized spacial score (nSPS) is 19.3. The standard InChI is InChI=1S/C15H22N2O2S/c1-15(2,12-6-7-12)17-20(18,19)13-8-5-11-4-3-9-16-14(11)10-13/h5,8,10,12,16-17H,3-4,6-7,9H2,1-2H3. The van der Waals surface area contributed by atoms with Crippen LogP contribution in [-0.4, -0.2) is 20.5 Å². The van der Waals surface area contributed by atoms with Crippen molar-refractivity contribution in [2.75, 3.05) is 11.9 Å². The van der Waals surface area contributed by atoms with Gasteiger partial charge in [0.15, 0.2) is 0 Å². The molecule has 0 aromatic heterocycles. The first-order valence-corrected chi connectivity index (χ1v) is 8.78. The minimum atomic E-state index is -3.45. The number of sulfonamides is 1. The molecule has 5 heteroatoms. The quantitative estimate of drug-likeness (QED) is 0.897. The van der Waals surface area contributed by atoms with Gasteiger partial charge in [-0.25, -0.2) is 13.1 Å². The van der Waals surface area contributed by atoms with Gasteiger partial charge in [0.2, 0.25) is 10.0 Å². The van der Waals surface area contributed by atoms with Gasteiger partial charge < -0.3 is 5.32 Å². The number of hydrogen-bond acceptors (Lipinski definition) is 3. The van der Waals surface area contributed by atoms with Gasteiger partial charge in [-0.3, -0.25) is 0 Å². The molecule has 0 unspecified atom stereocenters. The molecule has 1 aliphatic heterocycles. The second kappa shape index (κ2) is 4.74. The van der Waals surface area contributed by atoms with Crippen LogP contribution in [0.2, 0.25) is 0 Å². The Kier molecular flexibility index (Phi) is 3.29. The SMILES string of the molecule is CC(C)(NS(=O)(=O)c1ccc2c(c1)NCCC2)C1CC1. The van der Waals surface area contributed by atoms with E-state index in [4.69, 9.17) is 0 Å². The van der Waals surface area contributed by atoms with Crippen LogP contribution in [0.1, 0.15) is 38.7 Å². The number of aryl methyl sites for hydroxylation is 1. The zero-order chi connectivity index (χ0) is 14.4. The van der Waals surface area contributed by atoms with E-state index in [1.165, 1.54) is 5.56 Å². The maximum Gasteiger partial charge on any atom is 0.241 e. The average molecular weight is 294 g/mol. The fourth-order valence-corrected chi connectivity index (χ4v) is 4.40. The Labute approximate surface area is 121 Å². The third-order valence-corrected chi connectivity index (χ3v) is 5.99. The molecule has 1 aromatic rings. The molecular formula is C15H22N2O2S. The summed E-state index contributed by atoms with van der Waals surface area (Å²) in [5.74, 6) is 0.466. The van der Waals surface area contributed by atoms with E-state index < -0.39 is 10.0 Å².